The Morgan fingerprint density at radius 2 is 1.47 bits per heavy atom. The van der Waals surface area contributed by atoms with E-state index < -0.39 is 15.6 Å². The van der Waals surface area contributed by atoms with Crippen molar-refractivity contribution in [3.63, 3.8) is 0 Å². The average molecular weight is 449 g/mol. The maximum absolute atomic E-state index is 13.9. The first-order valence-electron chi connectivity index (χ1n) is 10.6. The Bertz CT molecular complexity index is 1250. The van der Waals surface area contributed by atoms with Gasteiger partial charge in [0.15, 0.2) is 0 Å². The molecule has 5 nitrogen and oxygen atoms in total. The molecule has 1 N–H and O–H groups in total. The fraction of sp³-hybridized carbons (Fsp3) is 0.269. The Labute approximate surface area is 190 Å². The highest BCUT2D eigenvalue weighted by molar-refractivity contribution is 7.93. The molecule has 1 amide bonds. The zero-order chi connectivity index (χ0) is 23.1. The fourth-order valence-electron chi connectivity index (χ4n) is 5.01. The largest absolute Gasteiger partial charge is 0.326 e. The first kappa shape index (κ1) is 22.1. The number of carbonyl (C=O) groups is 1. The minimum Gasteiger partial charge on any atom is -0.326 e. The summed E-state index contributed by atoms with van der Waals surface area (Å²) in [5.74, 6) is -0.202. The van der Waals surface area contributed by atoms with Gasteiger partial charge >= 0.3 is 0 Å². The van der Waals surface area contributed by atoms with E-state index in [1.165, 1.54) is 6.92 Å². The van der Waals surface area contributed by atoms with Crippen LogP contribution < -0.4 is 9.62 Å². The number of anilines is 2. The van der Waals surface area contributed by atoms with E-state index in [1.807, 2.05) is 56.3 Å². The van der Waals surface area contributed by atoms with Crippen LogP contribution >= 0.6 is 0 Å². The van der Waals surface area contributed by atoms with Gasteiger partial charge in [-0.15, -0.1) is 0 Å². The first-order chi connectivity index (χ1) is 15.1. The number of hydrogen-bond acceptors (Lipinski definition) is 3. The van der Waals surface area contributed by atoms with Crippen molar-refractivity contribution < 1.29 is 13.2 Å². The van der Waals surface area contributed by atoms with Crippen LogP contribution in [0.1, 0.15) is 45.2 Å². The lowest BCUT2D eigenvalue weighted by Gasteiger charge is -2.51. The molecule has 1 atom stereocenters. The Kier molecular flexibility index (Phi) is 5.37. The lowest BCUT2D eigenvalue weighted by molar-refractivity contribution is -0.114. The molecule has 6 heteroatoms. The van der Waals surface area contributed by atoms with Crippen LogP contribution in [0.5, 0.6) is 0 Å². The van der Waals surface area contributed by atoms with Crippen LogP contribution in [0.4, 0.5) is 11.4 Å². The number of benzene rings is 3. The number of fused-ring (bicyclic) bond motifs is 1. The summed E-state index contributed by atoms with van der Waals surface area (Å²) < 4.78 is 29.3. The zero-order valence-corrected chi connectivity index (χ0v) is 19.6. The fourth-order valence-corrected chi connectivity index (χ4v) is 6.84. The van der Waals surface area contributed by atoms with Gasteiger partial charge in [0.1, 0.15) is 0 Å². The van der Waals surface area contributed by atoms with Gasteiger partial charge in [-0.3, -0.25) is 9.10 Å². The number of rotatable bonds is 4. The molecule has 1 heterocycles. The van der Waals surface area contributed by atoms with Gasteiger partial charge in [-0.1, -0.05) is 55.5 Å². The number of amides is 1. The molecule has 0 bridgehead atoms. The maximum atomic E-state index is 13.9. The molecule has 0 radical (unpaired) electrons. The summed E-state index contributed by atoms with van der Waals surface area (Å²) >= 11 is 0. The van der Waals surface area contributed by atoms with E-state index in [-0.39, 0.29) is 16.2 Å². The third kappa shape index (κ3) is 3.69. The molecule has 0 saturated heterocycles. The molecule has 1 aliphatic heterocycles. The van der Waals surface area contributed by atoms with Crippen molar-refractivity contribution in [1.29, 1.82) is 0 Å². The van der Waals surface area contributed by atoms with Crippen LogP contribution in [0.25, 0.3) is 0 Å². The third-order valence-corrected chi connectivity index (χ3v) is 8.22. The Morgan fingerprint density at radius 1 is 0.875 bits per heavy atom. The van der Waals surface area contributed by atoms with Gasteiger partial charge in [0.05, 0.1) is 16.1 Å². The van der Waals surface area contributed by atoms with Gasteiger partial charge in [-0.2, -0.15) is 0 Å². The Hall–Kier alpha value is -3.12. The van der Waals surface area contributed by atoms with E-state index in [2.05, 4.69) is 24.4 Å². The number of nitrogens with zero attached hydrogens (tertiary/aromatic N) is 1. The van der Waals surface area contributed by atoms with E-state index in [0.717, 1.165) is 11.1 Å². The number of carbonyl (C=O) groups excluding carboxylic acids is 1. The second-order valence-corrected chi connectivity index (χ2v) is 11.0. The summed E-state index contributed by atoms with van der Waals surface area (Å²) in [6.45, 7) is 7.57. The normalized spacial score (nSPS) is 19.8. The van der Waals surface area contributed by atoms with Crippen LogP contribution in [0.2, 0.25) is 0 Å². The summed E-state index contributed by atoms with van der Waals surface area (Å²) in [5, 5.41) is 2.68. The summed E-state index contributed by atoms with van der Waals surface area (Å²) in [6, 6.07) is 24.3. The van der Waals surface area contributed by atoms with Crippen LogP contribution in [0.3, 0.4) is 0 Å². The molecular weight excluding hydrogens is 420 g/mol. The summed E-state index contributed by atoms with van der Waals surface area (Å²) in [5.41, 5.74) is 2.41. The number of hydrogen-bond donors (Lipinski definition) is 1. The van der Waals surface area contributed by atoms with Crippen molar-refractivity contribution in [1.82, 2.24) is 0 Å². The van der Waals surface area contributed by atoms with Crippen LogP contribution in [0.15, 0.2) is 83.8 Å². The number of sulfonamides is 1. The number of nitrogens with one attached hydrogen (secondary N) is 1. The van der Waals surface area contributed by atoms with E-state index in [9.17, 15) is 13.2 Å². The summed E-state index contributed by atoms with van der Waals surface area (Å²) in [7, 11) is -3.84. The van der Waals surface area contributed by atoms with E-state index in [0.29, 0.717) is 17.8 Å². The molecule has 32 heavy (non-hydrogen) atoms. The predicted molar refractivity (Wildman–Crippen MR) is 128 cm³/mol. The minimum absolute atomic E-state index is 0.192. The highest BCUT2D eigenvalue weighted by atomic mass is 32.2. The molecule has 1 aliphatic rings. The minimum atomic E-state index is -3.84. The van der Waals surface area contributed by atoms with Crippen LogP contribution in [-0.2, 0) is 20.2 Å². The standard InChI is InChI=1S/C26H28N2O3S/c1-19(29)27-21-14-16-22(17-15-21)32(30,31)28-24-13-9-8-12-23(24)26(4,18-25(28,2)3)20-10-6-5-7-11-20/h5-17H,18H2,1-4H3,(H,27,29)/t26-/m0/s1. The molecule has 3 aromatic rings. The van der Waals surface area contributed by atoms with Crippen LogP contribution in [-0.4, -0.2) is 19.9 Å². The van der Waals surface area contributed by atoms with E-state index in [1.54, 1.807) is 28.6 Å². The highest BCUT2D eigenvalue weighted by Crippen LogP contribution is 2.51. The van der Waals surface area contributed by atoms with Crippen molar-refractivity contribution in [3.05, 3.63) is 90.0 Å². The topological polar surface area (TPSA) is 66.5 Å². The van der Waals surface area contributed by atoms with E-state index >= 15 is 0 Å². The van der Waals surface area contributed by atoms with Gasteiger partial charge in [-0.05, 0) is 61.7 Å². The molecule has 0 unspecified atom stereocenters. The van der Waals surface area contributed by atoms with Crippen LogP contribution in [0, 0.1) is 0 Å². The zero-order valence-electron chi connectivity index (χ0n) is 18.8. The Balaban J connectivity index is 1.85. The lowest BCUT2D eigenvalue weighted by Crippen LogP contribution is -2.55. The molecule has 0 aromatic heterocycles. The van der Waals surface area contributed by atoms with Crippen molar-refractivity contribution in [3.8, 4) is 0 Å². The van der Waals surface area contributed by atoms with Crippen molar-refractivity contribution in [2.45, 2.75) is 50.0 Å². The predicted octanol–water partition coefficient (Wildman–Crippen LogP) is 5.33. The monoisotopic (exact) mass is 448 g/mol. The SMILES string of the molecule is CC(=O)Nc1ccc(S(=O)(=O)N2c3ccccc3[C@](C)(c3ccccc3)CC2(C)C)cc1. The maximum Gasteiger partial charge on any atom is 0.264 e. The van der Waals surface area contributed by atoms with Crippen molar-refractivity contribution in [2.24, 2.45) is 0 Å². The molecule has 0 fully saturated rings. The summed E-state index contributed by atoms with van der Waals surface area (Å²) in [6.07, 6.45) is 0.629. The van der Waals surface area contributed by atoms with Gasteiger partial charge in [0, 0.05) is 18.0 Å². The van der Waals surface area contributed by atoms with Gasteiger partial charge < -0.3 is 5.32 Å². The molecule has 0 aliphatic carbocycles. The third-order valence-electron chi connectivity index (χ3n) is 6.18. The smallest absolute Gasteiger partial charge is 0.264 e. The first-order valence-corrected chi connectivity index (χ1v) is 12.1. The molecule has 0 saturated carbocycles. The van der Waals surface area contributed by atoms with Gasteiger partial charge in [0.2, 0.25) is 5.91 Å². The quantitative estimate of drug-likeness (QED) is 0.587. The van der Waals surface area contributed by atoms with E-state index in [4.69, 9.17) is 0 Å². The number of para-hydroxylation sites is 1. The van der Waals surface area contributed by atoms with Gasteiger partial charge in [0.25, 0.3) is 10.0 Å². The molecule has 3 aromatic carbocycles. The van der Waals surface area contributed by atoms with Crippen molar-refractivity contribution in [2.75, 3.05) is 9.62 Å². The molecule has 4 rings (SSSR count). The highest BCUT2D eigenvalue weighted by Gasteiger charge is 2.49. The lowest BCUT2D eigenvalue weighted by atomic mass is 9.66. The molecule has 0 spiro atoms. The average Bonchev–Trinajstić information content (AvgIpc) is 2.73. The second-order valence-electron chi connectivity index (χ2n) is 9.18. The molecule has 166 valence electrons. The van der Waals surface area contributed by atoms with Gasteiger partial charge in [-0.25, -0.2) is 8.42 Å². The molecular formula is C26H28N2O3S. The Morgan fingerprint density at radius 3 is 2.09 bits per heavy atom. The second kappa shape index (κ2) is 7.78. The van der Waals surface area contributed by atoms with Crippen molar-refractivity contribution >= 4 is 27.3 Å². The summed E-state index contributed by atoms with van der Waals surface area (Å²) in [4.78, 5) is 11.5.